The molecular weight excluding hydrogens is 757 g/mol. The molecule has 0 saturated carbocycles. The van der Waals surface area contributed by atoms with Gasteiger partial charge in [-0.05, 0) is 38.5 Å². The van der Waals surface area contributed by atoms with Crippen LogP contribution < -0.4 is 0 Å². The molecule has 0 aliphatic rings. The Balaban J connectivity index is 4.40. The Hall–Kier alpha value is -2.89. The Morgan fingerprint density at radius 3 is 1.00 bits per heavy atom. The molecule has 0 aliphatic carbocycles. The SMILES string of the molecule is CC\C=C/C=C\C=C/C=C\C=C/CCCCCC(=O)OC(COC(=O)CCCCCCCCCCCCC)COC(=O)CCCCCCCCCCCCCCCCCCC. The van der Waals surface area contributed by atoms with Crippen molar-refractivity contribution >= 4 is 17.9 Å². The molecule has 0 aromatic heterocycles. The molecule has 0 fully saturated rings. The summed E-state index contributed by atoms with van der Waals surface area (Å²) in [6.07, 6.45) is 60.6. The van der Waals surface area contributed by atoms with Gasteiger partial charge in [-0.2, -0.15) is 0 Å². The summed E-state index contributed by atoms with van der Waals surface area (Å²) < 4.78 is 16.8. The summed E-state index contributed by atoms with van der Waals surface area (Å²) in [5.41, 5.74) is 0. The van der Waals surface area contributed by atoms with Crippen LogP contribution in [-0.4, -0.2) is 37.2 Å². The molecule has 0 saturated heterocycles. The van der Waals surface area contributed by atoms with Gasteiger partial charge < -0.3 is 14.2 Å². The molecule has 0 aliphatic heterocycles. The average molecular weight is 853 g/mol. The summed E-state index contributed by atoms with van der Waals surface area (Å²) in [5, 5.41) is 0. The van der Waals surface area contributed by atoms with Crippen LogP contribution in [0.5, 0.6) is 0 Å². The van der Waals surface area contributed by atoms with Crippen LogP contribution >= 0.6 is 0 Å². The molecule has 61 heavy (non-hydrogen) atoms. The largest absolute Gasteiger partial charge is 0.462 e. The molecule has 0 aromatic carbocycles. The third-order valence-electron chi connectivity index (χ3n) is 11.2. The van der Waals surface area contributed by atoms with E-state index in [-0.39, 0.29) is 37.5 Å². The van der Waals surface area contributed by atoms with E-state index in [0.29, 0.717) is 19.3 Å². The predicted molar refractivity (Wildman–Crippen MR) is 261 cm³/mol. The zero-order chi connectivity index (χ0) is 44.4. The van der Waals surface area contributed by atoms with Crippen LogP contribution in [0.4, 0.5) is 0 Å². The topological polar surface area (TPSA) is 78.9 Å². The van der Waals surface area contributed by atoms with Crippen LogP contribution in [0, 0.1) is 0 Å². The predicted octanol–water partition coefficient (Wildman–Crippen LogP) is 16.9. The fourth-order valence-corrected chi connectivity index (χ4v) is 7.29. The fraction of sp³-hybridized carbons (Fsp3) is 0.764. The van der Waals surface area contributed by atoms with Crippen molar-refractivity contribution in [1.29, 1.82) is 0 Å². The highest BCUT2D eigenvalue weighted by Gasteiger charge is 2.19. The molecule has 6 nitrogen and oxygen atoms in total. The second-order valence-corrected chi connectivity index (χ2v) is 17.2. The standard InChI is InChI=1S/C55H96O6/c1-4-7-10-13-16-19-22-24-26-27-29-30-33-36-39-42-45-48-54(57)60-51-52(50-59-53(56)47-44-41-38-35-32-21-18-15-12-9-6-3)61-55(58)49-46-43-40-37-34-31-28-25-23-20-17-14-11-8-5-2/h8,11,14,17,20,23,25,28,31,34,52H,4-7,9-10,12-13,15-16,18-19,21-22,24,26-27,29-30,32-33,35-51H2,1-3H3/b11-8-,17-14-,23-20-,28-25-,34-31-. The summed E-state index contributed by atoms with van der Waals surface area (Å²) >= 11 is 0. The first-order valence-corrected chi connectivity index (χ1v) is 25.9. The second-order valence-electron chi connectivity index (χ2n) is 17.2. The van der Waals surface area contributed by atoms with E-state index in [2.05, 4.69) is 32.9 Å². The second kappa shape index (κ2) is 49.8. The van der Waals surface area contributed by atoms with E-state index in [1.165, 1.54) is 141 Å². The molecule has 0 radical (unpaired) electrons. The molecule has 0 spiro atoms. The molecule has 0 rings (SSSR count). The van der Waals surface area contributed by atoms with Crippen LogP contribution in [0.1, 0.15) is 252 Å². The first-order chi connectivity index (χ1) is 30.0. The van der Waals surface area contributed by atoms with Gasteiger partial charge in [0.05, 0.1) is 0 Å². The summed E-state index contributed by atoms with van der Waals surface area (Å²) in [7, 11) is 0. The minimum absolute atomic E-state index is 0.0883. The number of rotatable bonds is 46. The van der Waals surface area contributed by atoms with Gasteiger partial charge in [0.2, 0.25) is 0 Å². The molecule has 0 heterocycles. The van der Waals surface area contributed by atoms with Crippen LogP contribution in [0.3, 0.4) is 0 Å². The highest BCUT2D eigenvalue weighted by molar-refractivity contribution is 5.71. The monoisotopic (exact) mass is 853 g/mol. The van der Waals surface area contributed by atoms with Crippen molar-refractivity contribution in [2.45, 2.75) is 258 Å². The fourth-order valence-electron chi connectivity index (χ4n) is 7.29. The number of allylic oxidation sites excluding steroid dienone is 10. The lowest BCUT2D eigenvalue weighted by atomic mass is 10.0. The third-order valence-corrected chi connectivity index (χ3v) is 11.2. The van der Waals surface area contributed by atoms with E-state index in [0.717, 1.165) is 64.2 Å². The van der Waals surface area contributed by atoms with E-state index < -0.39 is 6.10 Å². The van der Waals surface area contributed by atoms with E-state index >= 15 is 0 Å². The Kier molecular flexibility index (Phi) is 47.4. The van der Waals surface area contributed by atoms with Crippen LogP contribution in [-0.2, 0) is 28.6 Å². The maximum atomic E-state index is 12.8. The van der Waals surface area contributed by atoms with Gasteiger partial charge in [0.1, 0.15) is 13.2 Å². The van der Waals surface area contributed by atoms with Crippen LogP contribution in [0.15, 0.2) is 60.8 Å². The van der Waals surface area contributed by atoms with Crippen molar-refractivity contribution in [3.8, 4) is 0 Å². The van der Waals surface area contributed by atoms with Gasteiger partial charge in [-0.3, -0.25) is 14.4 Å². The minimum atomic E-state index is -0.791. The Morgan fingerprint density at radius 1 is 0.344 bits per heavy atom. The van der Waals surface area contributed by atoms with Crippen molar-refractivity contribution in [2.75, 3.05) is 13.2 Å². The van der Waals surface area contributed by atoms with Crippen molar-refractivity contribution in [1.82, 2.24) is 0 Å². The van der Waals surface area contributed by atoms with Gasteiger partial charge in [0.15, 0.2) is 6.10 Å². The highest BCUT2D eigenvalue weighted by atomic mass is 16.6. The van der Waals surface area contributed by atoms with E-state index in [1.807, 2.05) is 48.6 Å². The van der Waals surface area contributed by atoms with Gasteiger partial charge in [-0.1, -0.05) is 255 Å². The van der Waals surface area contributed by atoms with Gasteiger partial charge in [-0.15, -0.1) is 0 Å². The molecule has 352 valence electrons. The van der Waals surface area contributed by atoms with E-state index in [4.69, 9.17) is 14.2 Å². The number of ether oxygens (including phenoxy) is 3. The molecule has 0 N–H and O–H groups in total. The third kappa shape index (κ3) is 48.0. The summed E-state index contributed by atoms with van der Waals surface area (Å²) in [6.45, 7) is 6.47. The number of esters is 3. The van der Waals surface area contributed by atoms with Gasteiger partial charge >= 0.3 is 17.9 Å². The average Bonchev–Trinajstić information content (AvgIpc) is 3.26. The van der Waals surface area contributed by atoms with E-state index in [9.17, 15) is 14.4 Å². The Labute approximate surface area is 377 Å². The Bertz CT molecular complexity index is 1120. The zero-order valence-corrected chi connectivity index (χ0v) is 40.2. The molecule has 0 bridgehead atoms. The van der Waals surface area contributed by atoms with Crippen LogP contribution in [0.2, 0.25) is 0 Å². The highest BCUT2D eigenvalue weighted by Crippen LogP contribution is 2.16. The maximum Gasteiger partial charge on any atom is 0.306 e. The maximum absolute atomic E-state index is 12.8. The van der Waals surface area contributed by atoms with Gasteiger partial charge in [0, 0.05) is 19.3 Å². The lowest BCUT2D eigenvalue weighted by Gasteiger charge is -2.18. The molecule has 1 unspecified atom stereocenters. The number of hydrogen-bond donors (Lipinski definition) is 0. The summed E-state index contributed by atoms with van der Waals surface area (Å²) in [6, 6.07) is 0. The van der Waals surface area contributed by atoms with Crippen molar-refractivity contribution in [3.05, 3.63) is 60.8 Å². The van der Waals surface area contributed by atoms with E-state index in [1.54, 1.807) is 0 Å². The molecule has 0 aromatic rings. The number of carbonyl (C=O) groups excluding carboxylic acids is 3. The lowest BCUT2D eigenvalue weighted by molar-refractivity contribution is -0.167. The number of carbonyl (C=O) groups is 3. The lowest BCUT2D eigenvalue weighted by Crippen LogP contribution is -2.30. The first-order valence-electron chi connectivity index (χ1n) is 25.9. The summed E-state index contributed by atoms with van der Waals surface area (Å²) in [5.74, 6) is -0.924. The quantitative estimate of drug-likeness (QED) is 0.0263. The smallest absolute Gasteiger partial charge is 0.306 e. The van der Waals surface area contributed by atoms with Gasteiger partial charge in [0.25, 0.3) is 0 Å². The first kappa shape index (κ1) is 58.1. The van der Waals surface area contributed by atoms with Crippen molar-refractivity contribution in [2.24, 2.45) is 0 Å². The number of hydrogen-bond acceptors (Lipinski definition) is 6. The van der Waals surface area contributed by atoms with Crippen molar-refractivity contribution < 1.29 is 28.6 Å². The molecular formula is C55H96O6. The van der Waals surface area contributed by atoms with Gasteiger partial charge in [-0.25, -0.2) is 0 Å². The minimum Gasteiger partial charge on any atom is -0.462 e. The molecule has 1 atom stereocenters. The summed E-state index contributed by atoms with van der Waals surface area (Å²) in [4.78, 5) is 37.9. The van der Waals surface area contributed by atoms with Crippen LogP contribution in [0.25, 0.3) is 0 Å². The van der Waals surface area contributed by atoms with Crippen molar-refractivity contribution in [3.63, 3.8) is 0 Å². The zero-order valence-electron chi connectivity index (χ0n) is 40.2. The molecule has 0 amide bonds. The Morgan fingerprint density at radius 2 is 0.639 bits per heavy atom. The normalized spacial score (nSPS) is 12.5. The molecule has 6 heteroatoms. The number of unbranched alkanes of at least 4 members (excludes halogenated alkanes) is 29.